The lowest BCUT2D eigenvalue weighted by Gasteiger charge is -2.17. The summed E-state index contributed by atoms with van der Waals surface area (Å²) in [6.45, 7) is 7.01. The maximum Gasteiger partial charge on any atom is 0.373 e. The molecule has 2 aromatic rings. The van der Waals surface area contributed by atoms with Crippen LogP contribution in [0.5, 0.6) is 0 Å². The number of carbonyl (C=O) groups excluding carboxylic acids is 1. The zero-order chi connectivity index (χ0) is 15.4. The molecule has 0 spiro atoms. The fourth-order valence-electron chi connectivity index (χ4n) is 2.25. The molecule has 1 heterocycles. The van der Waals surface area contributed by atoms with Crippen molar-refractivity contribution in [2.75, 3.05) is 13.7 Å². The lowest BCUT2D eigenvalue weighted by atomic mass is 9.99. The Kier molecular flexibility index (Phi) is 4.81. The Labute approximate surface area is 125 Å². The Hall–Kier alpha value is -2.07. The number of furan rings is 1. The molecule has 0 saturated heterocycles. The quantitative estimate of drug-likeness (QED) is 0.857. The van der Waals surface area contributed by atoms with Gasteiger partial charge in [0.25, 0.3) is 0 Å². The summed E-state index contributed by atoms with van der Waals surface area (Å²) in [4.78, 5) is 11.5. The molecule has 0 aliphatic heterocycles. The second kappa shape index (κ2) is 6.59. The summed E-state index contributed by atoms with van der Waals surface area (Å²) >= 11 is 0. The molecule has 4 heteroatoms. The number of rotatable bonds is 5. The van der Waals surface area contributed by atoms with Crippen LogP contribution in [-0.4, -0.2) is 19.6 Å². The second-order valence-corrected chi connectivity index (χ2v) is 5.03. The standard InChI is InChI=1S/C17H21NO3/c1-5-18-16(13-7-6-11(2)12(3)10-13)14-8-9-15(21-14)17(19)20-4/h6-10,16,18H,5H2,1-4H3. The number of hydrogen-bond acceptors (Lipinski definition) is 4. The first-order valence-corrected chi connectivity index (χ1v) is 7.05. The molecule has 0 bridgehead atoms. The summed E-state index contributed by atoms with van der Waals surface area (Å²) in [6.07, 6.45) is 0. The smallest absolute Gasteiger partial charge is 0.373 e. The second-order valence-electron chi connectivity index (χ2n) is 5.03. The number of methoxy groups -OCH3 is 1. The van der Waals surface area contributed by atoms with Crippen molar-refractivity contribution in [3.63, 3.8) is 0 Å². The highest BCUT2D eigenvalue weighted by atomic mass is 16.5. The van der Waals surface area contributed by atoms with Crippen molar-refractivity contribution in [3.05, 3.63) is 58.5 Å². The summed E-state index contributed by atoms with van der Waals surface area (Å²) in [6, 6.07) is 9.70. The Morgan fingerprint density at radius 1 is 1.24 bits per heavy atom. The molecule has 0 aliphatic rings. The molecule has 112 valence electrons. The molecule has 21 heavy (non-hydrogen) atoms. The van der Waals surface area contributed by atoms with Crippen molar-refractivity contribution in [2.45, 2.75) is 26.8 Å². The van der Waals surface area contributed by atoms with Crippen LogP contribution in [0, 0.1) is 13.8 Å². The molecule has 4 nitrogen and oxygen atoms in total. The van der Waals surface area contributed by atoms with Gasteiger partial charge in [-0.1, -0.05) is 25.1 Å². The monoisotopic (exact) mass is 287 g/mol. The van der Waals surface area contributed by atoms with Gasteiger partial charge in [0.05, 0.1) is 13.2 Å². The van der Waals surface area contributed by atoms with Gasteiger partial charge in [-0.25, -0.2) is 4.79 Å². The average molecular weight is 287 g/mol. The van der Waals surface area contributed by atoms with Crippen molar-refractivity contribution in [2.24, 2.45) is 0 Å². The Morgan fingerprint density at radius 3 is 2.62 bits per heavy atom. The van der Waals surface area contributed by atoms with Gasteiger partial charge in [-0.2, -0.15) is 0 Å². The number of ether oxygens (including phenoxy) is 1. The maximum atomic E-state index is 11.5. The van der Waals surface area contributed by atoms with Gasteiger partial charge < -0.3 is 14.5 Å². The average Bonchev–Trinajstić information content (AvgIpc) is 2.96. The van der Waals surface area contributed by atoms with Gasteiger partial charge in [0.15, 0.2) is 0 Å². The molecule has 1 N–H and O–H groups in total. The Morgan fingerprint density at radius 2 is 2.00 bits per heavy atom. The molecule has 0 aliphatic carbocycles. The Bertz CT molecular complexity index is 631. The van der Waals surface area contributed by atoms with Gasteiger partial charge in [-0.3, -0.25) is 0 Å². The van der Waals surface area contributed by atoms with E-state index in [1.54, 1.807) is 6.07 Å². The van der Waals surface area contributed by atoms with E-state index in [1.807, 2.05) is 13.0 Å². The molecule has 1 aromatic carbocycles. The van der Waals surface area contributed by atoms with Crippen LogP contribution in [0.3, 0.4) is 0 Å². The molecular weight excluding hydrogens is 266 g/mol. The first-order chi connectivity index (χ1) is 10.1. The normalized spacial score (nSPS) is 12.2. The van der Waals surface area contributed by atoms with Gasteiger partial charge in [0.1, 0.15) is 5.76 Å². The molecule has 1 aromatic heterocycles. The van der Waals surface area contributed by atoms with E-state index in [0.717, 1.165) is 12.1 Å². The van der Waals surface area contributed by atoms with E-state index in [4.69, 9.17) is 4.42 Å². The maximum absolute atomic E-state index is 11.5. The number of hydrogen-bond donors (Lipinski definition) is 1. The minimum atomic E-state index is -0.461. The van der Waals surface area contributed by atoms with E-state index in [9.17, 15) is 4.79 Å². The fraction of sp³-hybridized carbons (Fsp3) is 0.353. The summed E-state index contributed by atoms with van der Waals surface area (Å²) in [7, 11) is 1.34. The third-order valence-corrected chi connectivity index (χ3v) is 3.57. The number of esters is 1. The highest BCUT2D eigenvalue weighted by Gasteiger charge is 2.20. The van der Waals surface area contributed by atoms with Crippen LogP contribution in [0.4, 0.5) is 0 Å². The van der Waals surface area contributed by atoms with E-state index in [2.05, 4.69) is 42.1 Å². The van der Waals surface area contributed by atoms with Crippen LogP contribution in [0.1, 0.15) is 46.0 Å². The fourth-order valence-corrected chi connectivity index (χ4v) is 2.25. The number of nitrogens with one attached hydrogen (secondary N) is 1. The lowest BCUT2D eigenvalue weighted by Crippen LogP contribution is -2.21. The van der Waals surface area contributed by atoms with Crippen molar-refractivity contribution < 1.29 is 13.9 Å². The van der Waals surface area contributed by atoms with E-state index in [1.165, 1.54) is 18.2 Å². The minimum absolute atomic E-state index is 0.0762. The third-order valence-electron chi connectivity index (χ3n) is 3.57. The van der Waals surface area contributed by atoms with E-state index < -0.39 is 5.97 Å². The van der Waals surface area contributed by atoms with Crippen LogP contribution in [0.2, 0.25) is 0 Å². The zero-order valence-corrected chi connectivity index (χ0v) is 12.9. The predicted octanol–water partition coefficient (Wildman–Crippen LogP) is 3.38. The summed E-state index contributed by atoms with van der Waals surface area (Å²) < 4.78 is 10.3. The Balaban J connectivity index is 2.36. The molecule has 0 radical (unpaired) electrons. The topological polar surface area (TPSA) is 51.5 Å². The van der Waals surface area contributed by atoms with Gasteiger partial charge in [-0.15, -0.1) is 0 Å². The van der Waals surface area contributed by atoms with E-state index >= 15 is 0 Å². The van der Waals surface area contributed by atoms with Crippen molar-refractivity contribution in [3.8, 4) is 0 Å². The molecule has 2 rings (SSSR count). The van der Waals surface area contributed by atoms with Crippen LogP contribution < -0.4 is 5.32 Å². The first-order valence-electron chi connectivity index (χ1n) is 7.05. The highest BCUT2D eigenvalue weighted by Crippen LogP contribution is 2.26. The molecule has 0 amide bonds. The van der Waals surface area contributed by atoms with Gasteiger partial charge in [-0.05, 0) is 49.2 Å². The van der Waals surface area contributed by atoms with E-state index in [0.29, 0.717) is 5.76 Å². The highest BCUT2D eigenvalue weighted by molar-refractivity contribution is 5.86. The number of carbonyl (C=O) groups is 1. The molecular formula is C17H21NO3. The first kappa shape index (κ1) is 15.3. The number of benzene rings is 1. The molecule has 0 fully saturated rings. The minimum Gasteiger partial charge on any atom is -0.463 e. The van der Waals surface area contributed by atoms with Crippen LogP contribution in [0.15, 0.2) is 34.7 Å². The predicted molar refractivity (Wildman–Crippen MR) is 81.5 cm³/mol. The third kappa shape index (κ3) is 3.34. The van der Waals surface area contributed by atoms with Gasteiger partial charge >= 0.3 is 5.97 Å². The summed E-state index contributed by atoms with van der Waals surface area (Å²) in [5.74, 6) is 0.469. The summed E-state index contributed by atoms with van der Waals surface area (Å²) in [5, 5.41) is 3.39. The SMILES string of the molecule is CCNC(c1ccc(C)c(C)c1)c1ccc(C(=O)OC)o1. The van der Waals surface area contributed by atoms with Crippen molar-refractivity contribution >= 4 is 5.97 Å². The largest absolute Gasteiger partial charge is 0.463 e. The van der Waals surface area contributed by atoms with E-state index in [-0.39, 0.29) is 11.8 Å². The van der Waals surface area contributed by atoms with Gasteiger partial charge in [0.2, 0.25) is 5.76 Å². The van der Waals surface area contributed by atoms with Gasteiger partial charge in [0, 0.05) is 0 Å². The molecule has 1 unspecified atom stereocenters. The van der Waals surface area contributed by atoms with Crippen LogP contribution in [0.25, 0.3) is 0 Å². The lowest BCUT2D eigenvalue weighted by molar-refractivity contribution is 0.0562. The van der Waals surface area contributed by atoms with Crippen LogP contribution >= 0.6 is 0 Å². The van der Waals surface area contributed by atoms with Crippen molar-refractivity contribution in [1.82, 2.24) is 5.32 Å². The van der Waals surface area contributed by atoms with Crippen molar-refractivity contribution in [1.29, 1.82) is 0 Å². The zero-order valence-electron chi connectivity index (χ0n) is 12.9. The molecule has 0 saturated carbocycles. The molecule has 1 atom stereocenters. The summed E-state index contributed by atoms with van der Waals surface area (Å²) in [5.41, 5.74) is 3.60. The number of aryl methyl sites for hydroxylation is 2. The van der Waals surface area contributed by atoms with Crippen LogP contribution in [-0.2, 0) is 4.74 Å².